The second-order valence-corrected chi connectivity index (χ2v) is 10.1. The van der Waals surface area contributed by atoms with Crippen molar-refractivity contribution in [3.63, 3.8) is 0 Å². The topological polar surface area (TPSA) is 62.0 Å². The van der Waals surface area contributed by atoms with E-state index in [1.165, 1.54) is 18.2 Å². The van der Waals surface area contributed by atoms with E-state index in [4.69, 9.17) is 0 Å². The number of aromatic nitrogens is 1. The van der Waals surface area contributed by atoms with Crippen LogP contribution in [0.3, 0.4) is 0 Å². The van der Waals surface area contributed by atoms with Crippen molar-refractivity contribution >= 4 is 20.9 Å². The molecule has 1 aliphatic carbocycles. The van der Waals surface area contributed by atoms with Crippen LogP contribution < -0.4 is 4.72 Å². The van der Waals surface area contributed by atoms with Crippen molar-refractivity contribution in [1.82, 2.24) is 9.71 Å². The van der Waals surface area contributed by atoms with E-state index in [2.05, 4.69) is 9.71 Å². The summed E-state index contributed by atoms with van der Waals surface area (Å²) in [7, 11) is -3.41. The van der Waals surface area contributed by atoms with Gasteiger partial charge < -0.3 is 4.98 Å². The monoisotopic (exact) mass is 436 g/mol. The Bertz CT molecular complexity index is 1180. The summed E-state index contributed by atoms with van der Waals surface area (Å²) in [6.07, 6.45) is 1.56. The highest BCUT2D eigenvalue weighted by Crippen LogP contribution is 2.46. The minimum absolute atomic E-state index is 0.0790. The molecule has 1 aliphatic rings. The molecule has 4 nitrogen and oxygen atoms in total. The van der Waals surface area contributed by atoms with Crippen LogP contribution in [0.2, 0.25) is 0 Å². The maximum Gasteiger partial charge on any atom is 0.214 e. The summed E-state index contributed by atoms with van der Waals surface area (Å²) < 4.78 is 69.1. The fourth-order valence-corrected chi connectivity index (χ4v) is 5.35. The average Bonchev–Trinajstić information content (AvgIpc) is 3.03. The highest BCUT2D eigenvalue weighted by molar-refractivity contribution is 7.90. The third-order valence-electron chi connectivity index (χ3n) is 5.98. The molecule has 0 saturated heterocycles. The van der Waals surface area contributed by atoms with E-state index >= 15 is 0 Å². The van der Waals surface area contributed by atoms with Crippen molar-refractivity contribution in [2.45, 2.75) is 50.3 Å². The Hall–Kier alpha value is -2.32. The van der Waals surface area contributed by atoms with Crippen LogP contribution in [0, 0.1) is 17.5 Å². The number of hydrogen-bond donors (Lipinski definition) is 2. The Morgan fingerprint density at radius 2 is 1.77 bits per heavy atom. The van der Waals surface area contributed by atoms with Crippen molar-refractivity contribution in [3.8, 4) is 11.3 Å². The number of halogens is 3. The van der Waals surface area contributed by atoms with Gasteiger partial charge in [0.15, 0.2) is 0 Å². The molecule has 8 heteroatoms. The van der Waals surface area contributed by atoms with Gasteiger partial charge in [-0.2, -0.15) is 0 Å². The van der Waals surface area contributed by atoms with E-state index in [-0.39, 0.29) is 17.5 Å². The number of sulfonamides is 1. The van der Waals surface area contributed by atoms with Gasteiger partial charge in [0.25, 0.3) is 0 Å². The van der Waals surface area contributed by atoms with E-state index < -0.39 is 32.7 Å². The van der Waals surface area contributed by atoms with Crippen molar-refractivity contribution < 1.29 is 21.6 Å². The summed E-state index contributed by atoms with van der Waals surface area (Å²) in [5.41, 5.74) is 2.18. The lowest BCUT2D eigenvalue weighted by molar-refractivity contribution is 0.327. The Labute approximate surface area is 173 Å². The number of aromatic amines is 1. The number of benzene rings is 2. The molecule has 160 valence electrons. The molecule has 1 saturated carbocycles. The molecule has 0 spiro atoms. The minimum atomic E-state index is -3.41. The van der Waals surface area contributed by atoms with E-state index in [0.717, 1.165) is 11.6 Å². The van der Waals surface area contributed by atoms with Crippen LogP contribution in [0.5, 0.6) is 0 Å². The van der Waals surface area contributed by atoms with Crippen LogP contribution in [0.25, 0.3) is 22.2 Å². The SMILES string of the molecule is CCC(C)S(=O)(=O)NC1CC(c2c(-c3ccc(F)cc3)[nH]c3c(F)cc(F)cc23)C1. The summed E-state index contributed by atoms with van der Waals surface area (Å²) in [6, 6.07) is 7.67. The molecule has 2 aromatic carbocycles. The first-order valence-corrected chi connectivity index (χ1v) is 11.5. The van der Waals surface area contributed by atoms with Gasteiger partial charge in [0, 0.05) is 17.5 Å². The number of fused-ring (bicyclic) bond motifs is 1. The second-order valence-electron chi connectivity index (χ2n) is 7.98. The van der Waals surface area contributed by atoms with Crippen molar-refractivity contribution in [3.05, 3.63) is 59.4 Å². The zero-order valence-electron chi connectivity index (χ0n) is 16.7. The molecule has 2 N–H and O–H groups in total. The Kier molecular flexibility index (Phi) is 5.40. The van der Waals surface area contributed by atoms with Gasteiger partial charge >= 0.3 is 0 Å². The molecule has 0 bridgehead atoms. The number of hydrogen-bond acceptors (Lipinski definition) is 2. The van der Waals surface area contributed by atoms with Gasteiger partial charge in [0.1, 0.15) is 17.5 Å². The molecule has 1 atom stereocenters. The predicted octanol–water partition coefficient (Wildman–Crippen LogP) is 5.22. The first-order valence-electron chi connectivity index (χ1n) is 9.97. The standard InChI is InChI=1S/C22H23F3N2O2S/c1-3-12(2)30(28,29)27-17-8-14(9-17)20-18-10-16(24)11-19(25)22(18)26-21(20)13-4-6-15(23)7-5-13/h4-7,10-12,14,17,26-27H,3,8-9H2,1-2H3. The van der Waals surface area contributed by atoms with Gasteiger partial charge in [0.2, 0.25) is 10.0 Å². The van der Waals surface area contributed by atoms with Gasteiger partial charge in [-0.3, -0.25) is 0 Å². The highest BCUT2D eigenvalue weighted by Gasteiger charge is 2.37. The van der Waals surface area contributed by atoms with Gasteiger partial charge in [-0.15, -0.1) is 0 Å². The lowest BCUT2D eigenvalue weighted by Gasteiger charge is -2.37. The molecule has 4 rings (SSSR count). The normalized spacial score (nSPS) is 20.3. The molecular weight excluding hydrogens is 413 g/mol. The van der Waals surface area contributed by atoms with Crippen molar-refractivity contribution in [2.75, 3.05) is 0 Å². The molecule has 3 aromatic rings. The molecule has 1 heterocycles. The molecule has 1 aromatic heterocycles. The Morgan fingerprint density at radius 1 is 1.10 bits per heavy atom. The second kappa shape index (κ2) is 7.74. The third kappa shape index (κ3) is 3.74. The van der Waals surface area contributed by atoms with Crippen LogP contribution in [-0.2, 0) is 10.0 Å². The van der Waals surface area contributed by atoms with Gasteiger partial charge in [0.05, 0.1) is 16.5 Å². The third-order valence-corrected chi connectivity index (χ3v) is 8.03. The quantitative estimate of drug-likeness (QED) is 0.557. The van der Waals surface area contributed by atoms with E-state index in [1.54, 1.807) is 19.1 Å². The summed E-state index contributed by atoms with van der Waals surface area (Å²) in [5, 5.41) is -0.0531. The summed E-state index contributed by atoms with van der Waals surface area (Å²) in [5.74, 6) is -1.85. The fourth-order valence-electron chi connectivity index (χ4n) is 4.03. The molecule has 1 unspecified atom stereocenters. The molecular formula is C22H23F3N2O2S. The molecule has 0 radical (unpaired) electrons. The highest BCUT2D eigenvalue weighted by atomic mass is 32.2. The maximum atomic E-state index is 14.4. The van der Waals surface area contributed by atoms with Crippen molar-refractivity contribution in [1.29, 1.82) is 0 Å². The summed E-state index contributed by atoms with van der Waals surface area (Å²) in [6.45, 7) is 3.48. The largest absolute Gasteiger partial charge is 0.352 e. The van der Waals surface area contributed by atoms with Crippen molar-refractivity contribution in [2.24, 2.45) is 0 Å². The molecule has 0 amide bonds. The predicted molar refractivity (Wildman–Crippen MR) is 111 cm³/mol. The number of H-pyrrole nitrogens is 1. The fraction of sp³-hybridized carbons (Fsp3) is 0.364. The number of nitrogens with one attached hydrogen (secondary N) is 2. The molecule has 1 fully saturated rings. The van der Waals surface area contributed by atoms with E-state index in [1.807, 2.05) is 6.92 Å². The zero-order chi connectivity index (χ0) is 21.6. The van der Waals surface area contributed by atoms with Gasteiger partial charge in [-0.1, -0.05) is 6.92 Å². The Balaban J connectivity index is 1.70. The first-order chi connectivity index (χ1) is 14.2. The van der Waals surface area contributed by atoms with Crippen LogP contribution in [0.15, 0.2) is 36.4 Å². The average molecular weight is 436 g/mol. The lowest BCUT2D eigenvalue weighted by atomic mass is 9.74. The smallest absolute Gasteiger partial charge is 0.214 e. The lowest BCUT2D eigenvalue weighted by Crippen LogP contribution is -2.46. The van der Waals surface area contributed by atoms with Crippen LogP contribution in [-0.4, -0.2) is 24.7 Å². The minimum Gasteiger partial charge on any atom is -0.352 e. The first kappa shape index (κ1) is 20.9. The van der Waals surface area contributed by atoms with Gasteiger partial charge in [-0.05, 0) is 73.6 Å². The molecule has 0 aliphatic heterocycles. The van der Waals surface area contributed by atoms with Crippen LogP contribution in [0.1, 0.15) is 44.6 Å². The Morgan fingerprint density at radius 3 is 2.40 bits per heavy atom. The van der Waals surface area contributed by atoms with Gasteiger partial charge in [-0.25, -0.2) is 26.3 Å². The molecule has 30 heavy (non-hydrogen) atoms. The van der Waals surface area contributed by atoms with E-state index in [9.17, 15) is 21.6 Å². The summed E-state index contributed by atoms with van der Waals surface area (Å²) in [4.78, 5) is 3.03. The maximum absolute atomic E-state index is 14.4. The zero-order valence-corrected chi connectivity index (χ0v) is 17.5. The number of rotatable bonds is 6. The summed E-state index contributed by atoms with van der Waals surface area (Å²) >= 11 is 0. The van der Waals surface area contributed by atoms with E-state index in [0.29, 0.717) is 35.9 Å². The van der Waals surface area contributed by atoms with Crippen LogP contribution in [0.4, 0.5) is 13.2 Å². The van der Waals surface area contributed by atoms with Crippen LogP contribution >= 0.6 is 0 Å².